The lowest BCUT2D eigenvalue weighted by Crippen LogP contribution is -1.99. The van der Waals surface area contributed by atoms with Crippen LogP contribution in [0.25, 0.3) is 0 Å². The molecule has 1 N–H and O–H groups in total. The lowest BCUT2D eigenvalue weighted by molar-refractivity contribution is 0.140. The Morgan fingerprint density at radius 1 is 1.33 bits per heavy atom. The first-order valence-corrected chi connectivity index (χ1v) is 6.43. The molecule has 0 aliphatic carbocycles. The Morgan fingerprint density at radius 2 is 2.19 bits per heavy atom. The van der Waals surface area contributed by atoms with Crippen LogP contribution in [0.15, 0.2) is 36.4 Å². The molecule has 0 spiro atoms. The van der Waals surface area contributed by atoms with Gasteiger partial charge in [0, 0.05) is 17.2 Å². The minimum Gasteiger partial charge on any atom is -0.490 e. The van der Waals surface area contributed by atoms with Crippen LogP contribution in [0.1, 0.15) is 22.8 Å². The topological polar surface area (TPSA) is 62.5 Å². The largest absolute Gasteiger partial charge is 0.490 e. The molecular formula is C16H12FNO3. The number of benzene rings is 2. The van der Waals surface area contributed by atoms with E-state index in [4.69, 9.17) is 14.7 Å². The average molecular weight is 285 g/mol. The summed E-state index contributed by atoms with van der Waals surface area (Å²) in [6.45, 7) is 0.323. The van der Waals surface area contributed by atoms with E-state index in [-0.39, 0.29) is 13.2 Å². The molecule has 2 aromatic carbocycles. The van der Waals surface area contributed by atoms with Crippen LogP contribution in [0.5, 0.6) is 11.5 Å². The minimum absolute atomic E-state index is 0.0853. The van der Waals surface area contributed by atoms with Gasteiger partial charge in [0.25, 0.3) is 0 Å². The van der Waals surface area contributed by atoms with Crippen LogP contribution < -0.4 is 9.47 Å². The first kappa shape index (κ1) is 13.4. The fraction of sp³-hybridized carbons (Fsp3) is 0.188. The van der Waals surface area contributed by atoms with Crippen LogP contribution in [0.2, 0.25) is 0 Å². The molecule has 1 atom stereocenters. The number of nitrogens with zero attached hydrogens (tertiary/aromatic N) is 1. The van der Waals surface area contributed by atoms with E-state index in [0.717, 1.165) is 5.56 Å². The highest BCUT2D eigenvalue weighted by Gasteiger charge is 2.22. The Balaban J connectivity index is 1.77. The SMILES string of the molecule is N#Cc1ccc(F)cc1COc1ccc2c(c1)OCC2O. The molecule has 0 amide bonds. The van der Waals surface area contributed by atoms with Crippen LogP contribution in [-0.2, 0) is 6.61 Å². The fourth-order valence-corrected chi connectivity index (χ4v) is 2.22. The van der Waals surface area contributed by atoms with E-state index in [1.807, 2.05) is 6.07 Å². The van der Waals surface area contributed by atoms with Gasteiger partial charge in [-0.3, -0.25) is 0 Å². The highest BCUT2D eigenvalue weighted by molar-refractivity contribution is 5.44. The highest BCUT2D eigenvalue weighted by atomic mass is 19.1. The summed E-state index contributed by atoms with van der Waals surface area (Å²) in [7, 11) is 0. The summed E-state index contributed by atoms with van der Waals surface area (Å²) in [4.78, 5) is 0. The summed E-state index contributed by atoms with van der Waals surface area (Å²) in [6, 6.07) is 11.1. The zero-order chi connectivity index (χ0) is 14.8. The third-order valence-electron chi connectivity index (χ3n) is 3.32. The van der Waals surface area contributed by atoms with Crippen molar-refractivity contribution in [3.05, 3.63) is 58.9 Å². The summed E-state index contributed by atoms with van der Waals surface area (Å²) in [5.74, 6) is 0.712. The van der Waals surface area contributed by atoms with E-state index < -0.39 is 11.9 Å². The summed E-state index contributed by atoms with van der Waals surface area (Å²) in [5, 5.41) is 18.6. The molecule has 3 rings (SSSR count). The van der Waals surface area contributed by atoms with Gasteiger partial charge < -0.3 is 14.6 Å². The van der Waals surface area contributed by atoms with Gasteiger partial charge in [0.15, 0.2) is 0 Å². The number of aliphatic hydroxyl groups excluding tert-OH is 1. The van der Waals surface area contributed by atoms with Crippen LogP contribution in [-0.4, -0.2) is 11.7 Å². The predicted molar refractivity (Wildman–Crippen MR) is 72.3 cm³/mol. The summed E-state index contributed by atoms with van der Waals surface area (Å²) in [5.41, 5.74) is 1.59. The first-order chi connectivity index (χ1) is 10.2. The zero-order valence-corrected chi connectivity index (χ0v) is 11.0. The number of ether oxygens (including phenoxy) is 2. The maximum atomic E-state index is 13.2. The molecule has 4 nitrogen and oxygen atoms in total. The van der Waals surface area contributed by atoms with Crippen molar-refractivity contribution >= 4 is 0 Å². The third kappa shape index (κ3) is 2.67. The van der Waals surface area contributed by atoms with Gasteiger partial charge in [-0.15, -0.1) is 0 Å². The molecule has 1 aliphatic rings. The normalized spacial score (nSPS) is 16.0. The predicted octanol–water partition coefficient (Wildman–Crippen LogP) is 2.70. The van der Waals surface area contributed by atoms with E-state index in [2.05, 4.69) is 0 Å². The molecule has 0 aromatic heterocycles. The molecule has 0 fully saturated rings. The van der Waals surface area contributed by atoms with Crippen molar-refractivity contribution in [2.75, 3.05) is 6.61 Å². The molecule has 0 saturated carbocycles. The molecule has 0 bridgehead atoms. The van der Waals surface area contributed by atoms with Crippen molar-refractivity contribution in [3.8, 4) is 17.6 Å². The van der Waals surface area contributed by atoms with Crippen LogP contribution >= 0.6 is 0 Å². The van der Waals surface area contributed by atoms with Crippen LogP contribution in [0.4, 0.5) is 4.39 Å². The van der Waals surface area contributed by atoms with Gasteiger partial charge in [0.05, 0.1) is 11.6 Å². The van der Waals surface area contributed by atoms with Gasteiger partial charge in [-0.1, -0.05) is 0 Å². The van der Waals surface area contributed by atoms with Crippen molar-refractivity contribution in [2.24, 2.45) is 0 Å². The Bertz CT molecular complexity index is 724. The van der Waals surface area contributed by atoms with E-state index >= 15 is 0 Å². The van der Waals surface area contributed by atoms with Gasteiger partial charge in [-0.2, -0.15) is 5.26 Å². The molecule has 0 saturated heterocycles. The lowest BCUT2D eigenvalue weighted by atomic mass is 10.1. The van der Waals surface area contributed by atoms with Gasteiger partial charge in [-0.05, 0) is 30.3 Å². The summed E-state index contributed by atoms with van der Waals surface area (Å²) >= 11 is 0. The smallest absolute Gasteiger partial charge is 0.129 e. The molecule has 106 valence electrons. The Labute approximate surface area is 121 Å². The summed E-state index contributed by atoms with van der Waals surface area (Å²) < 4.78 is 24.1. The number of halogens is 1. The molecule has 1 aliphatic heterocycles. The van der Waals surface area contributed by atoms with E-state index in [0.29, 0.717) is 22.6 Å². The molecule has 21 heavy (non-hydrogen) atoms. The van der Waals surface area contributed by atoms with Gasteiger partial charge in [0.2, 0.25) is 0 Å². The molecule has 1 heterocycles. The number of aliphatic hydroxyl groups is 1. The summed E-state index contributed by atoms with van der Waals surface area (Å²) in [6.07, 6.45) is -0.609. The van der Waals surface area contributed by atoms with Crippen molar-refractivity contribution in [3.63, 3.8) is 0 Å². The van der Waals surface area contributed by atoms with Crippen LogP contribution in [0.3, 0.4) is 0 Å². The maximum Gasteiger partial charge on any atom is 0.129 e. The Kier molecular flexibility index (Phi) is 3.46. The second-order valence-corrected chi connectivity index (χ2v) is 4.73. The number of hydrogen-bond acceptors (Lipinski definition) is 4. The Morgan fingerprint density at radius 3 is 3.00 bits per heavy atom. The minimum atomic E-state index is -0.609. The Hall–Kier alpha value is -2.58. The van der Waals surface area contributed by atoms with Crippen molar-refractivity contribution in [1.82, 2.24) is 0 Å². The molecule has 0 radical (unpaired) electrons. The molecular weight excluding hydrogens is 273 g/mol. The third-order valence-corrected chi connectivity index (χ3v) is 3.32. The molecule has 2 aromatic rings. The van der Waals surface area contributed by atoms with Gasteiger partial charge in [-0.25, -0.2) is 4.39 Å². The van der Waals surface area contributed by atoms with Crippen LogP contribution in [0, 0.1) is 17.1 Å². The maximum absolute atomic E-state index is 13.2. The van der Waals surface area contributed by atoms with E-state index in [1.165, 1.54) is 18.2 Å². The fourth-order valence-electron chi connectivity index (χ4n) is 2.22. The second-order valence-electron chi connectivity index (χ2n) is 4.73. The zero-order valence-electron chi connectivity index (χ0n) is 11.0. The number of hydrogen-bond donors (Lipinski definition) is 1. The second kappa shape index (κ2) is 5.43. The van der Waals surface area contributed by atoms with Crippen molar-refractivity contribution < 1.29 is 19.0 Å². The highest BCUT2D eigenvalue weighted by Crippen LogP contribution is 2.35. The first-order valence-electron chi connectivity index (χ1n) is 6.43. The average Bonchev–Trinajstić information content (AvgIpc) is 2.86. The quantitative estimate of drug-likeness (QED) is 0.941. The number of nitriles is 1. The van der Waals surface area contributed by atoms with E-state index in [1.54, 1.807) is 18.2 Å². The van der Waals surface area contributed by atoms with E-state index in [9.17, 15) is 9.50 Å². The van der Waals surface area contributed by atoms with Gasteiger partial charge in [0.1, 0.15) is 36.6 Å². The molecule has 5 heteroatoms. The standard InChI is InChI=1S/C16H12FNO3/c17-12-2-1-10(7-18)11(5-12)8-20-13-3-4-14-15(19)9-21-16(14)6-13/h1-6,15,19H,8-9H2. The lowest BCUT2D eigenvalue weighted by Gasteiger charge is -2.09. The van der Waals surface area contributed by atoms with Gasteiger partial charge >= 0.3 is 0 Å². The number of rotatable bonds is 3. The monoisotopic (exact) mass is 285 g/mol. The van der Waals surface area contributed by atoms with Crippen molar-refractivity contribution in [1.29, 1.82) is 5.26 Å². The van der Waals surface area contributed by atoms with Crippen molar-refractivity contribution in [2.45, 2.75) is 12.7 Å². The molecule has 1 unspecified atom stereocenters. The number of fused-ring (bicyclic) bond motifs is 1.